The number of hydrogen-bond acceptors (Lipinski definition) is 6. The molecule has 5 aromatic rings. The van der Waals surface area contributed by atoms with Crippen LogP contribution in [0.5, 0.6) is 5.75 Å². The normalized spacial score (nSPS) is 11.2. The standard InChI is InChI=1S/C41H46N4O5/c1-27(2)33-19-10-20-34(28(3)4)37(33)43-41(48)44-38-36(31-17-9-18-32(26-31)50-25-13-24-49-29(5)46)35-21-11-22-42-39(35)45(40(38)47)23-12-16-30-14-7-6-8-15-30/h6-11,14-15,17-22,26-28H,12-13,16,23-25H2,1-5H3,(H2,43,44,48). The van der Waals surface area contributed by atoms with Gasteiger partial charge in [0.1, 0.15) is 17.1 Å². The van der Waals surface area contributed by atoms with Gasteiger partial charge in [0.15, 0.2) is 0 Å². The Bertz CT molecular complexity index is 1980. The number of hydrogen-bond donors (Lipinski definition) is 2. The van der Waals surface area contributed by atoms with Crippen molar-refractivity contribution in [3.05, 3.63) is 118 Å². The topological polar surface area (TPSA) is 112 Å². The molecule has 0 aliphatic heterocycles. The molecule has 9 nitrogen and oxygen atoms in total. The van der Waals surface area contributed by atoms with Crippen molar-refractivity contribution < 1.29 is 19.1 Å². The number of esters is 1. The molecule has 50 heavy (non-hydrogen) atoms. The summed E-state index contributed by atoms with van der Waals surface area (Å²) < 4.78 is 12.7. The van der Waals surface area contributed by atoms with E-state index in [2.05, 4.69) is 55.4 Å². The van der Waals surface area contributed by atoms with Gasteiger partial charge in [0.25, 0.3) is 5.56 Å². The van der Waals surface area contributed by atoms with Crippen LogP contribution in [0.1, 0.15) is 76.0 Å². The van der Waals surface area contributed by atoms with E-state index < -0.39 is 6.03 Å². The van der Waals surface area contributed by atoms with E-state index in [-0.39, 0.29) is 35.7 Å². The summed E-state index contributed by atoms with van der Waals surface area (Å²) in [5.74, 6) is 0.589. The van der Waals surface area contributed by atoms with Crippen LogP contribution in [-0.4, -0.2) is 34.8 Å². The number of aromatic nitrogens is 2. The lowest BCUT2D eigenvalue weighted by Gasteiger charge is -2.22. The molecule has 2 N–H and O–H groups in total. The minimum absolute atomic E-state index is 0.155. The SMILES string of the molecule is CC(=O)OCCCOc1cccc(-c2c(NC(=O)Nc3c(C(C)C)cccc3C(C)C)c(=O)n(CCCc3ccccc3)c3ncccc23)c1. The average Bonchev–Trinajstić information content (AvgIpc) is 3.10. The van der Waals surface area contributed by atoms with Crippen molar-refractivity contribution >= 4 is 34.4 Å². The molecule has 5 rings (SSSR count). The fourth-order valence-electron chi connectivity index (χ4n) is 6.15. The Balaban J connectivity index is 1.56. The zero-order valence-corrected chi connectivity index (χ0v) is 29.5. The third kappa shape index (κ3) is 8.77. The molecule has 3 aromatic carbocycles. The second-order valence-corrected chi connectivity index (χ2v) is 12.9. The molecule has 0 fully saturated rings. The van der Waals surface area contributed by atoms with Crippen molar-refractivity contribution in [2.75, 3.05) is 23.8 Å². The van der Waals surface area contributed by atoms with Crippen LogP contribution in [0, 0.1) is 0 Å². The third-order valence-corrected chi connectivity index (χ3v) is 8.55. The quantitative estimate of drug-likeness (QED) is 0.0899. The minimum atomic E-state index is -0.504. The number of benzene rings is 3. The van der Waals surface area contributed by atoms with Gasteiger partial charge in [0, 0.05) is 42.7 Å². The highest BCUT2D eigenvalue weighted by atomic mass is 16.5. The van der Waals surface area contributed by atoms with Crippen LogP contribution >= 0.6 is 0 Å². The molecule has 0 aliphatic carbocycles. The molecule has 0 aliphatic rings. The van der Waals surface area contributed by atoms with Gasteiger partial charge in [-0.25, -0.2) is 9.78 Å². The molecule has 2 amide bonds. The number of pyridine rings is 2. The highest BCUT2D eigenvalue weighted by molar-refractivity contribution is 6.07. The summed E-state index contributed by atoms with van der Waals surface area (Å²) in [5.41, 5.74) is 5.57. The van der Waals surface area contributed by atoms with Gasteiger partial charge in [-0.2, -0.15) is 0 Å². The molecule has 0 bridgehead atoms. The Morgan fingerprint density at radius 1 is 0.800 bits per heavy atom. The van der Waals surface area contributed by atoms with Crippen LogP contribution in [0.25, 0.3) is 22.2 Å². The molecule has 2 aromatic heterocycles. The number of aryl methyl sites for hydroxylation is 2. The summed E-state index contributed by atoms with van der Waals surface area (Å²) >= 11 is 0. The van der Waals surface area contributed by atoms with E-state index >= 15 is 0 Å². The summed E-state index contributed by atoms with van der Waals surface area (Å²) in [6.45, 7) is 10.8. The largest absolute Gasteiger partial charge is 0.493 e. The molecule has 0 unspecified atom stereocenters. The number of anilines is 2. The molecular formula is C41H46N4O5. The second-order valence-electron chi connectivity index (χ2n) is 12.9. The number of para-hydroxylation sites is 1. The van der Waals surface area contributed by atoms with Gasteiger partial charge >= 0.3 is 12.0 Å². The first-order chi connectivity index (χ1) is 24.1. The van der Waals surface area contributed by atoms with Gasteiger partial charge in [0.05, 0.1) is 13.2 Å². The first kappa shape index (κ1) is 35.9. The Kier molecular flexibility index (Phi) is 12.0. The molecule has 0 spiro atoms. The van der Waals surface area contributed by atoms with Gasteiger partial charge < -0.3 is 20.1 Å². The summed E-state index contributed by atoms with van der Waals surface area (Å²) in [5, 5.41) is 6.82. The Hall–Kier alpha value is -5.44. The number of carbonyl (C=O) groups is 2. The maximum atomic E-state index is 14.5. The summed E-state index contributed by atoms with van der Waals surface area (Å²) in [7, 11) is 0. The van der Waals surface area contributed by atoms with Crippen LogP contribution in [0.3, 0.4) is 0 Å². The molecular weight excluding hydrogens is 628 g/mol. The molecule has 260 valence electrons. The molecule has 9 heteroatoms. The second kappa shape index (κ2) is 16.8. The van der Waals surface area contributed by atoms with E-state index in [9.17, 15) is 14.4 Å². The lowest BCUT2D eigenvalue weighted by molar-refractivity contribution is -0.141. The molecule has 0 saturated carbocycles. The van der Waals surface area contributed by atoms with E-state index in [4.69, 9.17) is 9.47 Å². The van der Waals surface area contributed by atoms with Gasteiger partial charge in [-0.05, 0) is 71.2 Å². The highest BCUT2D eigenvalue weighted by Gasteiger charge is 2.23. The zero-order chi connectivity index (χ0) is 35.6. The molecule has 2 heterocycles. The number of nitrogens with one attached hydrogen (secondary N) is 2. The van der Waals surface area contributed by atoms with Crippen molar-refractivity contribution in [2.24, 2.45) is 0 Å². The summed E-state index contributed by atoms with van der Waals surface area (Å²) in [6, 6.07) is 26.9. The molecule has 0 radical (unpaired) electrons. The number of ether oxygens (including phenoxy) is 2. The zero-order valence-electron chi connectivity index (χ0n) is 29.5. The third-order valence-electron chi connectivity index (χ3n) is 8.55. The van der Waals surface area contributed by atoms with E-state index in [0.717, 1.165) is 28.6 Å². The Labute approximate surface area is 293 Å². The van der Waals surface area contributed by atoms with E-state index in [1.165, 1.54) is 12.5 Å². The Morgan fingerprint density at radius 3 is 2.20 bits per heavy atom. The summed E-state index contributed by atoms with van der Waals surface area (Å²) in [4.78, 5) is 44.3. The number of amides is 2. The number of rotatable bonds is 14. The first-order valence-corrected chi connectivity index (χ1v) is 17.3. The number of fused-ring (bicyclic) bond motifs is 1. The lowest BCUT2D eigenvalue weighted by Crippen LogP contribution is -2.30. The monoisotopic (exact) mass is 674 g/mol. The van der Waals surface area contributed by atoms with E-state index in [1.807, 2.05) is 72.8 Å². The fraction of sp³-hybridized carbons (Fsp3) is 0.317. The van der Waals surface area contributed by atoms with Crippen molar-refractivity contribution in [3.63, 3.8) is 0 Å². The van der Waals surface area contributed by atoms with E-state index in [1.54, 1.807) is 10.8 Å². The van der Waals surface area contributed by atoms with Crippen LogP contribution in [0.4, 0.5) is 16.2 Å². The summed E-state index contributed by atoms with van der Waals surface area (Å²) in [6.07, 6.45) is 3.70. The maximum absolute atomic E-state index is 14.5. The smallest absolute Gasteiger partial charge is 0.323 e. The van der Waals surface area contributed by atoms with Gasteiger partial charge in [-0.15, -0.1) is 0 Å². The highest BCUT2D eigenvalue weighted by Crippen LogP contribution is 2.36. The number of urea groups is 1. The first-order valence-electron chi connectivity index (χ1n) is 17.3. The predicted molar refractivity (Wildman–Crippen MR) is 200 cm³/mol. The van der Waals surface area contributed by atoms with Crippen molar-refractivity contribution in [1.82, 2.24) is 9.55 Å². The number of nitrogens with zero attached hydrogens (tertiary/aromatic N) is 2. The van der Waals surface area contributed by atoms with E-state index in [0.29, 0.717) is 48.5 Å². The van der Waals surface area contributed by atoms with Gasteiger partial charge in [-0.3, -0.25) is 14.2 Å². The van der Waals surface area contributed by atoms with Crippen molar-refractivity contribution in [1.29, 1.82) is 0 Å². The van der Waals surface area contributed by atoms with Crippen LogP contribution in [-0.2, 0) is 22.5 Å². The lowest BCUT2D eigenvalue weighted by atomic mass is 9.93. The maximum Gasteiger partial charge on any atom is 0.323 e. The fourth-order valence-corrected chi connectivity index (χ4v) is 6.15. The van der Waals surface area contributed by atoms with Crippen LogP contribution in [0.2, 0.25) is 0 Å². The average molecular weight is 675 g/mol. The number of carbonyl (C=O) groups excluding carboxylic acids is 2. The van der Waals surface area contributed by atoms with Gasteiger partial charge in [0.2, 0.25) is 0 Å². The van der Waals surface area contributed by atoms with Crippen LogP contribution in [0.15, 0.2) is 95.9 Å². The minimum Gasteiger partial charge on any atom is -0.493 e. The van der Waals surface area contributed by atoms with Crippen molar-refractivity contribution in [3.8, 4) is 16.9 Å². The predicted octanol–water partition coefficient (Wildman–Crippen LogP) is 8.92. The van der Waals surface area contributed by atoms with Crippen LogP contribution < -0.4 is 20.9 Å². The van der Waals surface area contributed by atoms with Crippen molar-refractivity contribution in [2.45, 2.75) is 72.3 Å². The Morgan fingerprint density at radius 2 is 1.50 bits per heavy atom. The molecule has 0 saturated heterocycles. The van der Waals surface area contributed by atoms with Gasteiger partial charge in [-0.1, -0.05) is 88.4 Å². The molecule has 0 atom stereocenters.